The van der Waals surface area contributed by atoms with Crippen LogP contribution in [0.1, 0.15) is 37.7 Å². The van der Waals surface area contributed by atoms with E-state index in [2.05, 4.69) is 15.6 Å². The van der Waals surface area contributed by atoms with Crippen LogP contribution in [0.25, 0.3) is 20.8 Å². The number of primary amides is 1. The number of nitrogens with zero attached hydrogens (tertiary/aromatic N) is 1. The van der Waals surface area contributed by atoms with Crippen molar-refractivity contribution < 1.29 is 34.2 Å². The van der Waals surface area contributed by atoms with Gasteiger partial charge in [0, 0.05) is 24.8 Å². The maximum Gasteiger partial charge on any atom is 0.303 e. The Balaban J connectivity index is 1.58. The van der Waals surface area contributed by atoms with Crippen LogP contribution in [-0.4, -0.2) is 56.9 Å². The Labute approximate surface area is 222 Å². The van der Waals surface area contributed by atoms with Crippen LogP contribution >= 0.6 is 11.3 Å². The largest absolute Gasteiger partial charge is 0.481 e. The minimum atomic E-state index is -1.27. The fraction of sp³-hybridized carbons (Fsp3) is 0.308. The molecule has 0 aliphatic heterocycles. The van der Waals surface area contributed by atoms with E-state index in [9.17, 15) is 24.0 Å². The average molecular weight is 541 g/mol. The third-order valence-electron chi connectivity index (χ3n) is 5.74. The second kappa shape index (κ2) is 13.3. The third kappa shape index (κ3) is 8.37. The summed E-state index contributed by atoms with van der Waals surface area (Å²) in [6.45, 7) is 0. The van der Waals surface area contributed by atoms with Crippen LogP contribution in [0.2, 0.25) is 0 Å². The molecule has 38 heavy (non-hydrogen) atoms. The van der Waals surface area contributed by atoms with Gasteiger partial charge in [0.05, 0.1) is 10.2 Å². The number of carbonyl (C=O) groups excluding carboxylic acids is 3. The molecule has 0 aliphatic rings. The number of nitrogens with two attached hydrogens (primary N) is 1. The first-order valence-electron chi connectivity index (χ1n) is 11.9. The van der Waals surface area contributed by atoms with Crippen molar-refractivity contribution in [3.8, 4) is 10.6 Å². The van der Waals surface area contributed by atoms with Crippen molar-refractivity contribution in [3.63, 3.8) is 0 Å². The van der Waals surface area contributed by atoms with E-state index < -0.39 is 54.6 Å². The van der Waals surface area contributed by atoms with Gasteiger partial charge in [-0.25, -0.2) is 4.98 Å². The molecule has 11 nitrogen and oxygen atoms in total. The molecule has 2 unspecified atom stereocenters. The molecular formula is C26H28N4O7S. The number of rotatable bonds is 14. The van der Waals surface area contributed by atoms with Crippen LogP contribution in [0.15, 0.2) is 48.5 Å². The van der Waals surface area contributed by atoms with Crippen LogP contribution in [0.3, 0.4) is 0 Å². The van der Waals surface area contributed by atoms with Crippen LogP contribution < -0.4 is 16.4 Å². The molecule has 200 valence electrons. The molecule has 0 saturated heterocycles. The number of carbonyl (C=O) groups is 5. The van der Waals surface area contributed by atoms with Crippen molar-refractivity contribution in [1.29, 1.82) is 0 Å². The van der Waals surface area contributed by atoms with Crippen molar-refractivity contribution in [2.45, 2.75) is 50.6 Å². The molecule has 0 aliphatic carbocycles. The SMILES string of the molecule is NC(=O)C(CCC(=O)O)NC(=O)C(CCC(=O)O)NC(=O)CCc1ccc(-c2nc3ccccc3s2)cc1. The standard InChI is InChI=1S/C26H28N4O7S/c27-24(36)18(10-13-22(32)33)29-25(37)19(11-14-23(34)35)28-21(31)12-7-15-5-8-16(9-6-15)26-30-17-3-1-2-4-20(17)38-26/h1-6,8-9,18-19H,7,10-14H2,(H2,27,36)(H,28,31)(H,29,37)(H,32,33)(H,34,35). The Morgan fingerprint density at radius 3 is 2.08 bits per heavy atom. The second-order valence-corrected chi connectivity index (χ2v) is 9.66. The summed E-state index contributed by atoms with van der Waals surface area (Å²) in [7, 11) is 0. The molecule has 2 aromatic carbocycles. The molecule has 0 spiro atoms. The Morgan fingerprint density at radius 1 is 0.842 bits per heavy atom. The van der Waals surface area contributed by atoms with Crippen LogP contribution in [0.4, 0.5) is 0 Å². The quantitative estimate of drug-likeness (QED) is 0.205. The van der Waals surface area contributed by atoms with Gasteiger partial charge in [0.25, 0.3) is 0 Å². The van der Waals surface area contributed by atoms with Gasteiger partial charge in [-0.15, -0.1) is 11.3 Å². The zero-order valence-electron chi connectivity index (χ0n) is 20.4. The van der Waals surface area contributed by atoms with Gasteiger partial charge in [-0.2, -0.15) is 0 Å². The number of aliphatic carboxylic acids is 2. The number of para-hydroxylation sites is 1. The number of hydrogen-bond donors (Lipinski definition) is 5. The number of amides is 3. The average Bonchev–Trinajstić information content (AvgIpc) is 3.32. The summed E-state index contributed by atoms with van der Waals surface area (Å²) in [5.74, 6) is -4.56. The fourth-order valence-electron chi connectivity index (χ4n) is 3.70. The van der Waals surface area contributed by atoms with Crippen LogP contribution in [-0.2, 0) is 30.4 Å². The van der Waals surface area contributed by atoms with E-state index in [1.54, 1.807) is 11.3 Å². The Bertz CT molecular complexity index is 1290. The molecule has 1 aromatic heterocycles. The fourth-order valence-corrected chi connectivity index (χ4v) is 4.67. The first-order chi connectivity index (χ1) is 18.1. The molecule has 1 heterocycles. The molecule has 6 N–H and O–H groups in total. The molecule has 3 rings (SSSR count). The number of nitrogens with one attached hydrogen (secondary N) is 2. The maximum atomic E-state index is 12.7. The molecule has 3 amide bonds. The summed E-state index contributed by atoms with van der Waals surface area (Å²) in [5.41, 5.74) is 8.02. The Morgan fingerprint density at radius 2 is 1.47 bits per heavy atom. The highest BCUT2D eigenvalue weighted by molar-refractivity contribution is 7.21. The van der Waals surface area contributed by atoms with Gasteiger partial charge >= 0.3 is 11.9 Å². The summed E-state index contributed by atoms with van der Waals surface area (Å²) < 4.78 is 1.09. The molecule has 0 radical (unpaired) electrons. The number of thiazole rings is 1. The summed E-state index contributed by atoms with van der Waals surface area (Å²) in [5, 5.41) is 23.5. The predicted molar refractivity (Wildman–Crippen MR) is 140 cm³/mol. The van der Waals surface area contributed by atoms with Gasteiger partial charge < -0.3 is 26.6 Å². The number of hydrogen-bond acceptors (Lipinski definition) is 7. The molecule has 0 saturated carbocycles. The Hall–Kier alpha value is -4.32. The lowest BCUT2D eigenvalue weighted by Crippen LogP contribution is -2.53. The topological polar surface area (TPSA) is 189 Å². The summed E-state index contributed by atoms with van der Waals surface area (Å²) in [6, 6.07) is 13.0. The van der Waals surface area contributed by atoms with Crippen LogP contribution in [0.5, 0.6) is 0 Å². The first kappa shape index (κ1) is 28.3. The van der Waals surface area contributed by atoms with Gasteiger partial charge in [0.2, 0.25) is 17.7 Å². The van der Waals surface area contributed by atoms with Crippen LogP contribution in [0, 0.1) is 0 Å². The van der Waals surface area contributed by atoms with E-state index in [0.717, 1.165) is 26.4 Å². The summed E-state index contributed by atoms with van der Waals surface area (Å²) >= 11 is 1.59. The lowest BCUT2D eigenvalue weighted by atomic mass is 10.1. The smallest absolute Gasteiger partial charge is 0.303 e. The van der Waals surface area contributed by atoms with Crippen molar-refractivity contribution >= 4 is 51.2 Å². The Kier molecular flexibility index (Phi) is 9.88. The van der Waals surface area contributed by atoms with Crippen molar-refractivity contribution in [2.75, 3.05) is 0 Å². The summed E-state index contributed by atoms with van der Waals surface area (Å²) in [6.07, 6.45) is -0.839. The second-order valence-electron chi connectivity index (χ2n) is 8.63. The first-order valence-corrected chi connectivity index (χ1v) is 12.7. The number of carboxylic acid groups (broad SMARTS) is 2. The highest BCUT2D eigenvalue weighted by Crippen LogP contribution is 2.30. The number of fused-ring (bicyclic) bond motifs is 1. The van der Waals surface area contributed by atoms with Crippen molar-refractivity contribution in [1.82, 2.24) is 15.6 Å². The highest BCUT2D eigenvalue weighted by atomic mass is 32.1. The highest BCUT2D eigenvalue weighted by Gasteiger charge is 2.26. The number of benzene rings is 2. The monoisotopic (exact) mass is 540 g/mol. The molecule has 2 atom stereocenters. The lowest BCUT2D eigenvalue weighted by molar-refractivity contribution is -0.139. The third-order valence-corrected chi connectivity index (χ3v) is 6.83. The van der Waals surface area contributed by atoms with Gasteiger partial charge in [0.1, 0.15) is 17.1 Å². The van der Waals surface area contributed by atoms with Gasteiger partial charge in [-0.3, -0.25) is 24.0 Å². The predicted octanol–water partition coefficient (Wildman–Crippen LogP) is 2.08. The van der Waals surface area contributed by atoms with E-state index in [1.807, 2.05) is 48.5 Å². The van der Waals surface area contributed by atoms with Gasteiger partial charge in [0.15, 0.2) is 0 Å². The number of aromatic nitrogens is 1. The maximum absolute atomic E-state index is 12.7. The number of aryl methyl sites for hydroxylation is 1. The van der Waals surface area contributed by atoms with Gasteiger partial charge in [-0.1, -0.05) is 36.4 Å². The molecule has 12 heteroatoms. The molecule has 0 bridgehead atoms. The minimum absolute atomic E-state index is 0.0373. The molecule has 3 aromatic rings. The molecule has 0 fully saturated rings. The van der Waals surface area contributed by atoms with E-state index in [1.165, 1.54) is 0 Å². The zero-order chi connectivity index (χ0) is 27.7. The van der Waals surface area contributed by atoms with Crippen molar-refractivity contribution in [2.24, 2.45) is 5.73 Å². The number of carboxylic acids is 2. The van der Waals surface area contributed by atoms with E-state index in [-0.39, 0.29) is 19.3 Å². The molecular weight excluding hydrogens is 512 g/mol. The van der Waals surface area contributed by atoms with E-state index in [4.69, 9.17) is 15.9 Å². The van der Waals surface area contributed by atoms with Crippen molar-refractivity contribution in [3.05, 3.63) is 54.1 Å². The van der Waals surface area contributed by atoms with Gasteiger partial charge in [-0.05, 0) is 37.0 Å². The normalized spacial score (nSPS) is 12.4. The van der Waals surface area contributed by atoms with E-state index in [0.29, 0.717) is 6.42 Å². The summed E-state index contributed by atoms with van der Waals surface area (Å²) in [4.78, 5) is 63.3. The lowest BCUT2D eigenvalue weighted by Gasteiger charge is -2.21. The zero-order valence-corrected chi connectivity index (χ0v) is 21.2. The minimum Gasteiger partial charge on any atom is -0.481 e. The van der Waals surface area contributed by atoms with E-state index >= 15 is 0 Å².